The van der Waals surface area contributed by atoms with Crippen molar-refractivity contribution >= 4 is 13.8 Å². The largest absolute Gasteiger partial charge is 0.756 e. The number of esters is 1. The zero-order valence-electron chi connectivity index (χ0n) is 41.8. The van der Waals surface area contributed by atoms with Crippen LogP contribution in [0.25, 0.3) is 0 Å². The van der Waals surface area contributed by atoms with Crippen molar-refractivity contribution in [3.05, 3.63) is 60.8 Å². The number of hydrogen-bond acceptors (Lipinski definition) is 7. The van der Waals surface area contributed by atoms with Gasteiger partial charge in [0.2, 0.25) is 0 Å². The Morgan fingerprint density at radius 1 is 0.492 bits per heavy atom. The molecule has 0 aromatic heterocycles. The number of nitrogens with zero attached hydrogens (tertiary/aromatic N) is 1. The number of likely N-dealkylation sites (N-methyl/N-ethyl adjacent to an activating group) is 1. The SMILES string of the molecule is CC/C=C\C/C=C\C/C=C\C/C=C\C/C=C\CC(=O)OC(COCCCCCCCCCCCCCCCCCCCCCCCCCCCC)COP(=O)([O-])OCC[N+](C)(C)C. The van der Waals surface area contributed by atoms with Crippen molar-refractivity contribution in [3.8, 4) is 0 Å². The van der Waals surface area contributed by atoms with Gasteiger partial charge in [-0.25, -0.2) is 0 Å². The number of phosphoric ester groups is 1. The van der Waals surface area contributed by atoms with Crippen molar-refractivity contribution in [2.45, 2.75) is 225 Å². The van der Waals surface area contributed by atoms with Gasteiger partial charge in [-0.15, -0.1) is 0 Å². The lowest BCUT2D eigenvalue weighted by Gasteiger charge is -2.28. The first-order valence-electron chi connectivity index (χ1n) is 26.0. The van der Waals surface area contributed by atoms with Gasteiger partial charge >= 0.3 is 5.97 Å². The molecule has 0 heterocycles. The van der Waals surface area contributed by atoms with E-state index in [0.717, 1.165) is 38.5 Å². The van der Waals surface area contributed by atoms with E-state index in [-0.39, 0.29) is 26.2 Å². The predicted molar refractivity (Wildman–Crippen MR) is 268 cm³/mol. The molecule has 368 valence electrons. The van der Waals surface area contributed by atoms with Gasteiger partial charge in [0.15, 0.2) is 0 Å². The highest BCUT2D eigenvalue weighted by molar-refractivity contribution is 7.45. The van der Waals surface area contributed by atoms with Gasteiger partial charge in [0.1, 0.15) is 19.3 Å². The van der Waals surface area contributed by atoms with Crippen LogP contribution in [0.5, 0.6) is 0 Å². The van der Waals surface area contributed by atoms with Crippen LogP contribution in [-0.2, 0) is 27.9 Å². The van der Waals surface area contributed by atoms with E-state index in [1.165, 1.54) is 154 Å². The lowest BCUT2D eigenvalue weighted by atomic mass is 10.0. The van der Waals surface area contributed by atoms with Gasteiger partial charge in [0, 0.05) is 6.61 Å². The number of allylic oxidation sites excluding steroid dienone is 9. The first kappa shape index (κ1) is 61.2. The van der Waals surface area contributed by atoms with Crippen LogP contribution in [0, 0.1) is 0 Å². The van der Waals surface area contributed by atoms with Crippen molar-refractivity contribution in [2.75, 3.05) is 54.1 Å². The zero-order chi connectivity index (χ0) is 46.2. The molecule has 8 nitrogen and oxygen atoms in total. The second-order valence-electron chi connectivity index (χ2n) is 18.5. The Labute approximate surface area is 390 Å². The van der Waals surface area contributed by atoms with E-state index in [1.54, 1.807) is 6.08 Å². The fraction of sp³-hybridized carbons (Fsp3) is 0.796. The summed E-state index contributed by atoms with van der Waals surface area (Å²) in [6.07, 6.45) is 60.2. The topological polar surface area (TPSA) is 94.1 Å². The van der Waals surface area contributed by atoms with E-state index in [9.17, 15) is 14.3 Å². The highest BCUT2D eigenvalue weighted by atomic mass is 31.2. The Morgan fingerprint density at radius 2 is 0.857 bits per heavy atom. The van der Waals surface area contributed by atoms with Crippen molar-refractivity contribution < 1.29 is 37.3 Å². The summed E-state index contributed by atoms with van der Waals surface area (Å²) in [6.45, 7) is 5.19. The Morgan fingerprint density at radius 3 is 1.24 bits per heavy atom. The first-order valence-corrected chi connectivity index (χ1v) is 27.5. The number of phosphoric acid groups is 1. The highest BCUT2D eigenvalue weighted by Gasteiger charge is 2.20. The molecule has 0 fully saturated rings. The molecule has 63 heavy (non-hydrogen) atoms. The number of carbonyl (C=O) groups excluding carboxylic acids is 1. The van der Waals surface area contributed by atoms with Gasteiger partial charge in [-0.3, -0.25) is 9.36 Å². The molecule has 0 saturated heterocycles. The molecule has 9 heteroatoms. The summed E-state index contributed by atoms with van der Waals surface area (Å²) in [4.78, 5) is 25.1. The van der Waals surface area contributed by atoms with Crippen LogP contribution in [-0.4, -0.2) is 70.7 Å². The van der Waals surface area contributed by atoms with E-state index in [4.69, 9.17) is 18.5 Å². The fourth-order valence-electron chi connectivity index (χ4n) is 7.15. The summed E-state index contributed by atoms with van der Waals surface area (Å²) in [6, 6.07) is 0. The summed E-state index contributed by atoms with van der Waals surface area (Å²) in [5, 5.41) is 0. The van der Waals surface area contributed by atoms with E-state index in [1.807, 2.05) is 27.2 Å². The molecule has 0 aromatic carbocycles. The molecule has 0 aliphatic rings. The Balaban J connectivity index is 4.11. The summed E-state index contributed by atoms with van der Waals surface area (Å²) < 4.78 is 34.6. The number of ether oxygens (including phenoxy) is 2. The van der Waals surface area contributed by atoms with Crippen LogP contribution in [0.3, 0.4) is 0 Å². The quantitative estimate of drug-likeness (QED) is 0.0197. The van der Waals surface area contributed by atoms with Crippen LogP contribution in [0.4, 0.5) is 0 Å². The van der Waals surface area contributed by atoms with Crippen molar-refractivity contribution in [2.24, 2.45) is 0 Å². The summed E-state index contributed by atoms with van der Waals surface area (Å²) in [5.41, 5.74) is 0. The van der Waals surface area contributed by atoms with Crippen LogP contribution in [0.1, 0.15) is 219 Å². The summed E-state index contributed by atoms with van der Waals surface area (Å²) >= 11 is 0. The molecule has 0 aromatic rings. The van der Waals surface area contributed by atoms with Gasteiger partial charge in [-0.2, -0.15) is 0 Å². The monoisotopic (exact) mass is 906 g/mol. The predicted octanol–water partition coefficient (Wildman–Crippen LogP) is 15.4. The Hall–Kier alpha value is -1.80. The minimum atomic E-state index is -4.55. The molecule has 0 spiro atoms. The van der Waals surface area contributed by atoms with E-state index < -0.39 is 19.9 Å². The van der Waals surface area contributed by atoms with Gasteiger partial charge in [-0.1, -0.05) is 235 Å². The smallest absolute Gasteiger partial charge is 0.310 e. The molecule has 0 rings (SSSR count). The maximum atomic E-state index is 12.7. The molecule has 0 bridgehead atoms. The lowest BCUT2D eigenvalue weighted by Crippen LogP contribution is -2.37. The van der Waals surface area contributed by atoms with E-state index >= 15 is 0 Å². The molecule has 2 atom stereocenters. The summed E-state index contributed by atoms with van der Waals surface area (Å²) in [7, 11) is 1.30. The van der Waals surface area contributed by atoms with Crippen molar-refractivity contribution in [1.82, 2.24) is 0 Å². The number of unbranched alkanes of at least 4 members (excludes halogenated alkanes) is 25. The average Bonchev–Trinajstić information content (AvgIpc) is 3.24. The number of quaternary nitrogens is 1. The third-order valence-electron chi connectivity index (χ3n) is 11.1. The molecule has 0 aliphatic carbocycles. The molecular formula is C54H100NO7P. The normalized spacial score (nSPS) is 14.1. The molecule has 0 saturated carbocycles. The molecular weight excluding hydrogens is 806 g/mol. The van der Waals surface area contributed by atoms with Crippen molar-refractivity contribution in [1.29, 1.82) is 0 Å². The minimum Gasteiger partial charge on any atom is -0.756 e. The fourth-order valence-corrected chi connectivity index (χ4v) is 7.88. The standard InChI is InChI=1S/C54H100NO7P/c1-6-8-10-12-14-16-18-20-22-23-24-25-26-27-28-29-30-31-32-34-36-38-40-42-44-46-49-59-51-53(52-61-63(57,58)60-50-48-55(3,4)5)62-54(56)47-45-43-41-39-37-35-33-21-19-17-15-13-11-9-7-2/h9,11,15,17,21,33,37,39,43,45,53H,6-8,10,12-14,16,18-20,22-32,34-36,38,40-42,44,46-52H2,1-5H3/b11-9-,17-15-,33-21-,39-37-,45-43-. The summed E-state index contributed by atoms with van der Waals surface area (Å²) in [5.74, 6) is -0.458. The molecule has 0 amide bonds. The van der Waals surface area contributed by atoms with Crippen LogP contribution in [0.2, 0.25) is 0 Å². The number of hydrogen-bond donors (Lipinski definition) is 0. The second-order valence-corrected chi connectivity index (χ2v) is 19.9. The zero-order valence-corrected chi connectivity index (χ0v) is 42.7. The Kier molecular flexibility index (Phi) is 45.4. The van der Waals surface area contributed by atoms with Gasteiger partial charge in [-0.05, 0) is 38.5 Å². The molecule has 0 N–H and O–H groups in total. The average molecular weight is 906 g/mol. The van der Waals surface area contributed by atoms with Gasteiger partial charge in [0.05, 0.1) is 40.8 Å². The molecule has 0 aliphatic heterocycles. The number of rotatable bonds is 48. The molecule has 0 radical (unpaired) electrons. The third-order valence-corrected chi connectivity index (χ3v) is 12.1. The third kappa shape index (κ3) is 51.1. The first-order chi connectivity index (χ1) is 30.6. The van der Waals surface area contributed by atoms with Crippen molar-refractivity contribution in [3.63, 3.8) is 0 Å². The van der Waals surface area contributed by atoms with E-state index in [0.29, 0.717) is 24.1 Å². The van der Waals surface area contributed by atoms with Crippen LogP contribution < -0.4 is 4.89 Å². The van der Waals surface area contributed by atoms with Crippen LogP contribution >= 0.6 is 7.82 Å². The van der Waals surface area contributed by atoms with Gasteiger partial charge in [0.25, 0.3) is 7.82 Å². The Bertz CT molecular complexity index is 1190. The van der Waals surface area contributed by atoms with E-state index in [2.05, 4.69) is 62.5 Å². The molecule has 2 unspecified atom stereocenters. The maximum absolute atomic E-state index is 12.7. The number of carbonyl (C=O) groups is 1. The van der Waals surface area contributed by atoms with Crippen LogP contribution in [0.15, 0.2) is 60.8 Å². The van der Waals surface area contributed by atoms with Gasteiger partial charge < -0.3 is 27.9 Å². The maximum Gasteiger partial charge on any atom is 0.310 e. The second kappa shape index (κ2) is 46.7. The highest BCUT2D eigenvalue weighted by Crippen LogP contribution is 2.38. The lowest BCUT2D eigenvalue weighted by molar-refractivity contribution is -0.870. The minimum absolute atomic E-state index is 0.00884.